The van der Waals surface area contributed by atoms with Crippen LogP contribution < -0.4 is 10.6 Å². The lowest BCUT2D eigenvalue weighted by atomic mass is 10.1. The first kappa shape index (κ1) is 23.1. The van der Waals surface area contributed by atoms with E-state index in [4.69, 9.17) is 20.1 Å². The molecule has 26 heavy (non-hydrogen) atoms. The molecular weight excluding hydrogens is 352 g/mol. The molecule has 0 aliphatic rings. The predicted molar refractivity (Wildman–Crippen MR) is 86.5 cm³/mol. The Balaban J connectivity index is 4.51. The molecule has 11 nitrogen and oxygen atoms in total. The minimum atomic E-state index is -1.49. The van der Waals surface area contributed by atoms with E-state index in [2.05, 4.69) is 0 Å². The van der Waals surface area contributed by atoms with Crippen molar-refractivity contribution >= 4 is 29.9 Å². The number of aliphatic carboxylic acids is 3. The van der Waals surface area contributed by atoms with Crippen LogP contribution in [0.2, 0.25) is 0 Å². The number of carboxylic acid groups (broad SMARTS) is 3. The predicted octanol–water partition coefficient (Wildman–Crippen LogP) is 0.180. The van der Waals surface area contributed by atoms with Gasteiger partial charge in [0.05, 0.1) is 6.61 Å². The molecule has 0 aromatic heterocycles. The summed E-state index contributed by atoms with van der Waals surface area (Å²) in [5, 5.41) is 30.6. The topological polar surface area (TPSA) is 179 Å². The van der Waals surface area contributed by atoms with E-state index in [9.17, 15) is 24.0 Å². The van der Waals surface area contributed by atoms with Gasteiger partial charge < -0.3 is 30.7 Å². The molecule has 0 radical (unpaired) electrons. The second-order valence-corrected chi connectivity index (χ2v) is 5.44. The first-order chi connectivity index (χ1) is 12.2. The zero-order valence-electron chi connectivity index (χ0n) is 14.4. The quantitative estimate of drug-likeness (QED) is 0.221. The summed E-state index contributed by atoms with van der Waals surface area (Å²) in [5.41, 5.74) is 0. The summed E-state index contributed by atoms with van der Waals surface area (Å²) in [6.07, 6.45) is 0.201. The van der Waals surface area contributed by atoms with E-state index in [0.717, 1.165) is 6.42 Å². The monoisotopic (exact) mass is 376 g/mol. The molecule has 0 unspecified atom stereocenters. The van der Waals surface area contributed by atoms with E-state index in [1.54, 1.807) is 0 Å². The Hall–Kier alpha value is -2.85. The standard InChI is InChI=1S/C15H24N2O9/c1-2-3-8-26-12(20)7-5-10(14(23)24)17-15(25)16-9(13(21)22)4-6-11(18)19/h9-10H,2-8H2,1H3,(H,18,19)(H,21,22)(H,23,24)(H2,16,17,25)/t9-,10-/m0/s1. The molecule has 0 saturated carbocycles. The highest BCUT2D eigenvalue weighted by Crippen LogP contribution is 2.03. The number of nitrogens with one attached hydrogen (secondary N) is 2. The first-order valence-corrected chi connectivity index (χ1v) is 8.07. The van der Waals surface area contributed by atoms with Crippen LogP contribution >= 0.6 is 0 Å². The number of hydrogen-bond donors (Lipinski definition) is 5. The fraction of sp³-hybridized carbons (Fsp3) is 0.667. The maximum absolute atomic E-state index is 11.8. The minimum Gasteiger partial charge on any atom is -0.481 e. The Labute approximate surface area is 149 Å². The zero-order valence-corrected chi connectivity index (χ0v) is 14.4. The lowest BCUT2D eigenvalue weighted by molar-refractivity contribution is -0.145. The number of esters is 1. The van der Waals surface area contributed by atoms with Gasteiger partial charge in [-0.05, 0) is 19.3 Å². The molecule has 0 bridgehead atoms. The van der Waals surface area contributed by atoms with E-state index in [-0.39, 0.29) is 25.9 Å². The summed E-state index contributed by atoms with van der Waals surface area (Å²) in [7, 11) is 0. The van der Waals surface area contributed by atoms with Crippen molar-refractivity contribution in [2.45, 2.75) is 57.5 Å². The number of rotatable bonds is 13. The molecule has 2 atom stereocenters. The first-order valence-electron chi connectivity index (χ1n) is 8.07. The molecule has 0 aromatic rings. The van der Waals surface area contributed by atoms with Gasteiger partial charge in [-0.1, -0.05) is 13.3 Å². The number of hydrogen-bond acceptors (Lipinski definition) is 6. The van der Waals surface area contributed by atoms with Crippen LogP contribution in [0.3, 0.4) is 0 Å². The molecule has 0 aromatic carbocycles. The van der Waals surface area contributed by atoms with E-state index in [1.165, 1.54) is 0 Å². The van der Waals surface area contributed by atoms with E-state index < -0.39 is 48.4 Å². The van der Waals surface area contributed by atoms with Crippen LogP contribution in [0.1, 0.15) is 45.4 Å². The fourth-order valence-corrected chi connectivity index (χ4v) is 1.81. The summed E-state index contributed by atoms with van der Waals surface area (Å²) in [6, 6.07) is -4.00. The van der Waals surface area contributed by atoms with Crippen molar-refractivity contribution in [3.63, 3.8) is 0 Å². The minimum absolute atomic E-state index is 0.227. The average Bonchev–Trinajstić information content (AvgIpc) is 2.54. The molecule has 0 fully saturated rings. The van der Waals surface area contributed by atoms with Gasteiger partial charge in [0, 0.05) is 12.8 Å². The van der Waals surface area contributed by atoms with Crippen molar-refractivity contribution in [1.82, 2.24) is 10.6 Å². The Morgan fingerprint density at radius 2 is 1.38 bits per heavy atom. The molecule has 0 rings (SSSR count). The Morgan fingerprint density at radius 1 is 0.885 bits per heavy atom. The van der Waals surface area contributed by atoms with Gasteiger partial charge in [0.2, 0.25) is 0 Å². The molecule has 0 aliphatic heterocycles. The molecule has 0 heterocycles. The zero-order chi connectivity index (χ0) is 20.1. The Bertz CT molecular complexity index is 521. The number of amides is 2. The number of carbonyl (C=O) groups excluding carboxylic acids is 2. The van der Waals surface area contributed by atoms with E-state index in [0.29, 0.717) is 6.42 Å². The summed E-state index contributed by atoms with van der Waals surface area (Å²) in [6.45, 7) is 2.14. The van der Waals surface area contributed by atoms with Gasteiger partial charge in [-0.15, -0.1) is 0 Å². The van der Waals surface area contributed by atoms with Crippen molar-refractivity contribution in [1.29, 1.82) is 0 Å². The maximum atomic E-state index is 11.8. The summed E-state index contributed by atoms with van der Waals surface area (Å²) in [5.74, 6) is -4.69. The third-order valence-corrected chi connectivity index (χ3v) is 3.25. The fourth-order valence-electron chi connectivity index (χ4n) is 1.81. The van der Waals surface area contributed by atoms with Crippen LogP contribution in [-0.2, 0) is 23.9 Å². The van der Waals surface area contributed by atoms with Crippen molar-refractivity contribution in [2.24, 2.45) is 0 Å². The van der Waals surface area contributed by atoms with Crippen LogP contribution in [0, 0.1) is 0 Å². The highest BCUT2D eigenvalue weighted by atomic mass is 16.5. The molecule has 0 aliphatic carbocycles. The van der Waals surface area contributed by atoms with Crippen LogP contribution in [0.4, 0.5) is 4.79 Å². The second kappa shape index (κ2) is 12.5. The van der Waals surface area contributed by atoms with E-state index >= 15 is 0 Å². The molecule has 5 N–H and O–H groups in total. The van der Waals surface area contributed by atoms with Gasteiger partial charge in [0.25, 0.3) is 0 Å². The van der Waals surface area contributed by atoms with Gasteiger partial charge in [-0.3, -0.25) is 9.59 Å². The van der Waals surface area contributed by atoms with Crippen molar-refractivity contribution < 1.29 is 44.0 Å². The largest absolute Gasteiger partial charge is 0.481 e. The number of urea groups is 1. The Morgan fingerprint density at radius 3 is 1.81 bits per heavy atom. The summed E-state index contributed by atoms with van der Waals surface area (Å²) >= 11 is 0. The van der Waals surface area contributed by atoms with Crippen molar-refractivity contribution in [2.75, 3.05) is 6.61 Å². The molecule has 2 amide bonds. The Kier molecular flexibility index (Phi) is 11.1. The number of ether oxygens (including phenoxy) is 1. The molecular formula is C15H24N2O9. The van der Waals surface area contributed by atoms with Crippen molar-refractivity contribution in [3.05, 3.63) is 0 Å². The maximum Gasteiger partial charge on any atom is 0.326 e. The SMILES string of the molecule is CCCCOC(=O)CC[C@H](NC(=O)N[C@@H](CCC(=O)O)C(=O)O)C(=O)O. The van der Waals surface area contributed by atoms with Crippen LogP contribution in [0.5, 0.6) is 0 Å². The molecule has 11 heteroatoms. The van der Waals surface area contributed by atoms with Gasteiger partial charge in [0.15, 0.2) is 0 Å². The van der Waals surface area contributed by atoms with Crippen LogP contribution in [0.15, 0.2) is 0 Å². The second-order valence-electron chi connectivity index (χ2n) is 5.44. The van der Waals surface area contributed by atoms with Gasteiger partial charge in [0.1, 0.15) is 12.1 Å². The molecule has 148 valence electrons. The number of unbranched alkanes of at least 4 members (excludes halogenated alkanes) is 1. The number of carboxylic acids is 3. The summed E-state index contributed by atoms with van der Waals surface area (Å²) < 4.78 is 4.87. The van der Waals surface area contributed by atoms with Gasteiger partial charge in [-0.2, -0.15) is 0 Å². The number of carbonyl (C=O) groups is 5. The highest BCUT2D eigenvalue weighted by molar-refractivity contribution is 5.86. The molecule has 0 saturated heterocycles. The van der Waals surface area contributed by atoms with Gasteiger partial charge >= 0.3 is 29.9 Å². The lowest BCUT2D eigenvalue weighted by Gasteiger charge is -2.18. The lowest BCUT2D eigenvalue weighted by Crippen LogP contribution is -2.51. The van der Waals surface area contributed by atoms with E-state index in [1.807, 2.05) is 17.6 Å². The van der Waals surface area contributed by atoms with Crippen LogP contribution in [-0.4, -0.2) is 63.9 Å². The average molecular weight is 376 g/mol. The highest BCUT2D eigenvalue weighted by Gasteiger charge is 2.25. The normalized spacial score (nSPS) is 12.5. The third-order valence-electron chi connectivity index (χ3n) is 3.25. The third kappa shape index (κ3) is 10.8. The molecule has 0 spiro atoms. The van der Waals surface area contributed by atoms with Crippen molar-refractivity contribution in [3.8, 4) is 0 Å². The summed E-state index contributed by atoms with van der Waals surface area (Å²) in [4.78, 5) is 55.9. The van der Waals surface area contributed by atoms with Crippen LogP contribution in [0.25, 0.3) is 0 Å². The smallest absolute Gasteiger partial charge is 0.326 e. The van der Waals surface area contributed by atoms with Gasteiger partial charge in [-0.25, -0.2) is 14.4 Å².